The maximum Gasteiger partial charge on any atom is 0.151 e. The van der Waals surface area contributed by atoms with Gasteiger partial charge < -0.3 is 10.3 Å². The Hall–Kier alpha value is -2.43. The van der Waals surface area contributed by atoms with Crippen molar-refractivity contribution in [3.05, 3.63) is 42.5 Å². The van der Waals surface area contributed by atoms with Crippen LogP contribution >= 0.6 is 0 Å². The first-order valence-electron chi connectivity index (χ1n) is 6.07. The molecule has 19 heavy (non-hydrogen) atoms. The third-order valence-electron chi connectivity index (χ3n) is 3.14. The van der Waals surface area contributed by atoms with Gasteiger partial charge in [0.1, 0.15) is 11.3 Å². The van der Waals surface area contributed by atoms with E-state index in [0.717, 1.165) is 11.1 Å². The maximum absolute atomic E-state index is 13.8. The summed E-state index contributed by atoms with van der Waals surface area (Å²) in [5, 5.41) is 0. The molecule has 0 aliphatic rings. The van der Waals surface area contributed by atoms with Crippen molar-refractivity contribution < 1.29 is 4.39 Å². The van der Waals surface area contributed by atoms with E-state index in [9.17, 15) is 4.39 Å². The summed E-state index contributed by atoms with van der Waals surface area (Å²) < 4.78 is 15.8. The number of fused-ring (bicyclic) bond motifs is 1. The average Bonchev–Trinajstić information content (AvgIpc) is 2.79. The Bertz CT molecular complexity index is 748. The normalized spacial score (nSPS) is 11.1. The van der Waals surface area contributed by atoms with Crippen LogP contribution in [0.15, 0.2) is 36.7 Å². The molecular weight excluding hydrogens is 243 g/mol. The minimum Gasteiger partial charge on any atom is -0.397 e. The number of rotatable bonds is 2. The molecule has 3 aromatic rings. The van der Waals surface area contributed by atoms with Gasteiger partial charge in [-0.25, -0.2) is 9.37 Å². The molecule has 5 heteroatoms. The molecule has 3 rings (SSSR count). The highest BCUT2D eigenvalue weighted by molar-refractivity contribution is 5.83. The fourth-order valence-electron chi connectivity index (χ4n) is 2.25. The van der Waals surface area contributed by atoms with Gasteiger partial charge in [0.25, 0.3) is 0 Å². The fourth-order valence-corrected chi connectivity index (χ4v) is 2.25. The van der Waals surface area contributed by atoms with Crippen molar-refractivity contribution in [2.75, 3.05) is 5.73 Å². The van der Waals surface area contributed by atoms with Crippen LogP contribution in [0, 0.1) is 5.82 Å². The van der Waals surface area contributed by atoms with E-state index in [-0.39, 0.29) is 5.82 Å². The highest BCUT2D eigenvalue weighted by Crippen LogP contribution is 2.29. The van der Waals surface area contributed by atoms with Gasteiger partial charge in [-0.15, -0.1) is 0 Å². The molecule has 0 fully saturated rings. The Labute approximate surface area is 109 Å². The molecule has 1 aromatic carbocycles. The third-order valence-corrected chi connectivity index (χ3v) is 3.14. The molecule has 0 unspecified atom stereocenters. The molecule has 0 aliphatic heterocycles. The molecule has 96 valence electrons. The standard InChI is InChI=1S/C14H13FN4/c1-2-19-12-5-3-4-10(15)13(12)18-14(19)9-6-7-17-8-11(9)16/h3-8H,2,16H2,1H3. The number of halogens is 1. The molecule has 0 amide bonds. The number of imidazole rings is 1. The summed E-state index contributed by atoms with van der Waals surface area (Å²) in [5.41, 5.74) is 8.38. The van der Waals surface area contributed by atoms with Crippen LogP contribution in [0.3, 0.4) is 0 Å². The van der Waals surface area contributed by atoms with Crippen LogP contribution in [0.4, 0.5) is 10.1 Å². The second-order valence-corrected chi connectivity index (χ2v) is 4.25. The lowest BCUT2D eigenvalue weighted by atomic mass is 10.2. The van der Waals surface area contributed by atoms with Gasteiger partial charge in [-0.1, -0.05) is 6.07 Å². The lowest BCUT2D eigenvalue weighted by Gasteiger charge is -2.07. The van der Waals surface area contributed by atoms with E-state index in [1.807, 2.05) is 17.6 Å². The van der Waals surface area contributed by atoms with E-state index in [1.165, 1.54) is 6.07 Å². The number of hydrogen-bond donors (Lipinski definition) is 1. The predicted octanol–water partition coefficient (Wildman–Crippen LogP) is 2.84. The second-order valence-electron chi connectivity index (χ2n) is 4.25. The SMILES string of the molecule is CCn1c(-c2ccncc2N)nc2c(F)cccc21. The summed E-state index contributed by atoms with van der Waals surface area (Å²) >= 11 is 0. The van der Waals surface area contributed by atoms with Gasteiger partial charge in [0.05, 0.1) is 17.4 Å². The molecular formula is C14H13FN4. The zero-order valence-electron chi connectivity index (χ0n) is 10.5. The molecule has 0 spiro atoms. The van der Waals surface area contributed by atoms with Crippen molar-refractivity contribution in [3.8, 4) is 11.4 Å². The molecule has 2 N–H and O–H groups in total. The monoisotopic (exact) mass is 256 g/mol. The Kier molecular flexibility index (Phi) is 2.67. The molecule has 2 heterocycles. The Balaban J connectivity index is 2.36. The van der Waals surface area contributed by atoms with Gasteiger partial charge in [0, 0.05) is 18.3 Å². The van der Waals surface area contributed by atoms with Crippen molar-refractivity contribution in [3.63, 3.8) is 0 Å². The number of benzene rings is 1. The van der Waals surface area contributed by atoms with E-state index in [1.54, 1.807) is 24.5 Å². The second kappa shape index (κ2) is 4.35. The number of pyridine rings is 1. The zero-order chi connectivity index (χ0) is 13.4. The number of anilines is 1. The van der Waals surface area contributed by atoms with Crippen LogP contribution in [0.1, 0.15) is 6.92 Å². The van der Waals surface area contributed by atoms with Crippen LogP contribution in [0.5, 0.6) is 0 Å². The summed E-state index contributed by atoms with van der Waals surface area (Å²) in [6.45, 7) is 2.68. The summed E-state index contributed by atoms with van der Waals surface area (Å²) in [4.78, 5) is 8.36. The lowest BCUT2D eigenvalue weighted by molar-refractivity contribution is 0.637. The number of nitrogens with zero attached hydrogens (tertiary/aromatic N) is 3. The molecule has 4 nitrogen and oxygen atoms in total. The van der Waals surface area contributed by atoms with Crippen LogP contribution in [0.25, 0.3) is 22.4 Å². The lowest BCUT2D eigenvalue weighted by Crippen LogP contribution is -2.00. The van der Waals surface area contributed by atoms with Crippen LogP contribution < -0.4 is 5.73 Å². The van der Waals surface area contributed by atoms with Gasteiger partial charge in [-0.3, -0.25) is 4.98 Å². The molecule has 0 bridgehead atoms. The van der Waals surface area contributed by atoms with Gasteiger partial charge in [-0.2, -0.15) is 0 Å². The van der Waals surface area contributed by atoms with Gasteiger partial charge in [-0.05, 0) is 25.1 Å². The van der Waals surface area contributed by atoms with Gasteiger partial charge in [0.15, 0.2) is 5.82 Å². The smallest absolute Gasteiger partial charge is 0.151 e. The third kappa shape index (κ3) is 1.74. The van der Waals surface area contributed by atoms with E-state index in [2.05, 4.69) is 9.97 Å². The van der Waals surface area contributed by atoms with Crippen molar-refractivity contribution in [2.24, 2.45) is 0 Å². The van der Waals surface area contributed by atoms with Crippen LogP contribution in [0.2, 0.25) is 0 Å². The molecule has 0 atom stereocenters. The number of aryl methyl sites for hydroxylation is 1. The Morgan fingerprint density at radius 3 is 2.89 bits per heavy atom. The summed E-state index contributed by atoms with van der Waals surface area (Å²) in [6.07, 6.45) is 3.23. The summed E-state index contributed by atoms with van der Waals surface area (Å²) in [7, 11) is 0. The minimum absolute atomic E-state index is 0.321. The summed E-state index contributed by atoms with van der Waals surface area (Å²) in [5.74, 6) is 0.348. The molecule has 2 aromatic heterocycles. The van der Waals surface area contributed by atoms with Gasteiger partial charge >= 0.3 is 0 Å². The first-order chi connectivity index (χ1) is 9.22. The van der Waals surface area contributed by atoms with Crippen molar-refractivity contribution in [1.29, 1.82) is 0 Å². The number of para-hydroxylation sites is 1. The van der Waals surface area contributed by atoms with E-state index >= 15 is 0 Å². The molecule has 0 radical (unpaired) electrons. The molecule has 0 saturated carbocycles. The van der Waals surface area contributed by atoms with E-state index in [0.29, 0.717) is 23.6 Å². The van der Waals surface area contributed by atoms with E-state index in [4.69, 9.17) is 5.73 Å². The Morgan fingerprint density at radius 2 is 2.16 bits per heavy atom. The number of hydrogen-bond acceptors (Lipinski definition) is 3. The van der Waals surface area contributed by atoms with E-state index < -0.39 is 0 Å². The van der Waals surface area contributed by atoms with Gasteiger partial charge in [0.2, 0.25) is 0 Å². The van der Waals surface area contributed by atoms with Crippen LogP contribution in [-0.4, -0.2) is 14.5 Å². The molecule has 0 aliphatic carbocycles. The largest absolute Gasteiger partial charge is 0.397 e. The Morgan fingerprint density at radius 1 is 1.32 bits per heavy atom. The van der Waals surface area contributed by atoms with Crippen molar-refractivity contribution >= 4 is 16.7 Å². The first-order valence-corrected chi connectivity index (χ1v) is 6.07. The fraction of sp³-hybridized carbons (Fsp3) is 0.143. The summed E-state index contributed by atoms with van der Waals surface area (Å²) in [6, 6.07) is 6.75. The zero-order valence-corrected chi connectivity index (χ0v) is 10.5. The number of nitrogens with two attached hydrogens (primary N) is 1. The first kappa shape index (κ1) is 11.6. The molecule has 0 saturated heterocycles. The topological polar surface area (TPSA) is 56.7 Å². The van der Waals surface area contributed by atoms with Crippen LogP contribution in [-0.2, 0) is 6.54 Å². The highest BCUT2D eigenvalue weighted by Gasteiger charge is 2.15. The van der Waals surface area contributed by atoms with Crippen molar-refractivity contribution in [1.82, 2.24) is 14.5 Å². The minimum atomic E-state index is -0.321. The maximum atomic E-state index is 13.8. The highest BCUT2D eigenvalue weighted by atomic mass is 19.1. The predicted molar refractivity (Wildman–Crippen MR) is 73.0 cm³/mol. The number of nitrogen functional groups attached to an aromatic ring is 1. The average molecular weight is 256 g/mol. The quantitative estimate of drug-likeness (QED) is 0.767. The number of aromatic nitrogens is 3. The van der Waals surface area contributed by atoms with Crippen molar-refractivity contribution in [2.45, 2.75) is 13.5 Å².